The van der Waals surface area contributed by atoms with Crippen molar-refractivity contribution >= 4 is 16.6 Å². The molecule has 1 N–H and O–H groups in total. The Morgan fingerprint density at radius 2 is 1.96 bits per heavy atom. The van der Waals surface area contributed by atoms with Gasteiger partial charge < -0.3 is 14.4 Å². The number of ether oxygens (including phenoxy) is 2. The van der Waals surface area contributed by atoms with E-state index in [1.807, 2.05) is 43.9 Å². The number of nitrogens with zero attached hydrogens (tertiary/aromatic N) is 4. The van der Waals surface area contributed by atoms with Crippen LogP contribution in [0.2, 0.25) is 0 Å². The maximum Gasteiger partial charge on any atom is 0.290 e. The van der Waals surface area contributed by atoms with Gasteiger partial charge in [-0.05, 0) is 44.5 Å². The van der Waals surface area contributed by atoms with E-state index in [4.69, 9.17) is 9.47 Å². The van der Waals surface area contributed by atoms with Crippen LogP contribution < -0.4 is 15.2 Å². The Kier molecular flexibility index (Phi) is 4.80. The fourth-order valence-corrected chi connectivity index (χ4v) is 3.47. The van der Waals surface area contributed by atoms with Crippen molar-refractivity contribution in [3.8, 4) is 17.1 Å². The summed E-state index contributed by atoms with van der Waals surface area (Å²) >= 11 is 0. The van der Waals surface area contributed by atoms with Crippen molar-refractivity contribution in [2.45, 2.75) is 26.9 Å². The van der Waals surface area contributed by atoms with Crippen LogP contribution in [0, 0.1) is 6.92 Å². The zero-order valence-corrected chi connectivity index (χ0v) is 16.7. The molecule has 0 saturated carbocycles. The van der Waals surface area contributed by atoms with E-state index in [1.165, 1.54) is 4.68 Å². The highest BCUT2D eigenvalue weighted by Gasteiger charge is 2.20. The van der Waals surface area contributed by atoms with Crippen molar-refractivity contribution in [1.29, 1.82) is 0 Å². The molecule has 3 aromatic rings. The Morgan fingerprint density at radius 1 is 1.21 bits per heavy atom. The number of rotatable bonds is 4. The highest BCUT2D eigenvalue weighted by Crippen LogP contribution is 2.32. The molecule has 3 heterocycles. The number of fused-ring (bicyclic) bond motifs is 1. The number of H-pyrrole nitrogens is 1. The van der Waals surface area contributed by atoms with Crippen LogP contribution in [-0.2, 0) is 11.8 Å². The summed E-state index contributed by atoms with van der Waals surface area (Å²) in [6.07, 6.45) is 0.0788. The minimum Gasteiger partial charge on any atom is -0.491 e. The summed E-state index contributed by atoms with van der Waals surface area (Å²) in [6, 6.07) is 5.84. The molecule has 28 heavy (non-hydrogen) atoms. The molecule has 1 aliphatic rings. The second kappa shape index (κ2) is 7.27. The van der Waals surface area contributed by atoms with Crippen LogP contribution in [0.15, 0.2) is 23.0 Å². The summed E-state index contributed by atoms with van der Waals surface area (Å²) in [6.45, 7) is 8.62. The average Bonchev–Trinajstić information content (AvgIpc) is 3.07. The summed E-state index contributed by atoms with van der Waals surface area (Å²) in [5, 5.41) is 12.9. The SMILES string of the molecule is Cc1cc2[nH]nc(-c3cc(N4CCOCC4)c(=O)n(C)n3)c2cc1OC(C)C. The number of aryl methyl sites for hydroxylation is 2. The van der Waals surface area contributed by atoms with E-state index in [-0.39, 0.29) is 11.7 Å². The molecular formula is C20H25N5O3. The fraction of sp³-hybridized carbons (Fsp3) is 0.450. The Bertz CT molecular complexity index is 1060. The van der Waals surface area contributed by atoms with Crippen molar-refractivity contribution in [3.05, 3.63) is 34.1 Å². The Morgan fingerprint density at radius 3 is 2.68 bits per heavy atom. The molecule has 0 bridgehead atoms. The first-order valence-electron chi connectivity index (χ1n) is 9.51. The molecule has 0 unspecified atom stereocenters. The Balaban J connectivity index is 1.83. The van der Waals surface area contributed by atoms with Crippen molar-refractivity contribution in [2.24, 2.45) is 7.05 Å². The molecule has 148 valence electrons. The first-order chi connectivity index (χ1) is 13.4. The van der Waals surface area contributed by atoms with Crippen LogP contribution in [0.4, 0.5) is 5.69 Å². The zero-order valence-electron chi connectivity index (χ0n) is 16.7. The molecule has 1 saturated heterocycles. The molecule has 1 fully saturated rings. The third-order valence-corrected chi connectivity index (χ3v) is 4.86. The average molecular weight is 383 g/mol. The van der Waals surface area contributed by atoms with Crippen LogP contribution in [0.25, 0.3) is 22.3 Å². The van der Waals surface area contributed by atoms with Gasteiger partial charge in [-0.25, -0.2) is 4.68 Å². The molecule has 0 radical (unpaired) electrons. The van der Waals surface area contributed by atoms with E-state index < -0.39 is 0 Å². The molecule has 4 rings (SSSR count). The standard InChI is InChI=1S/C20H25N5O3/c1-12(2)28-18-10-14-15(9-13(18)3)21-22-19(14)16-11-17(20(26)24(4)23-16)25-5-7-27-8-6-25/h9-12H,5-8H2,1-4H3,(H,21,22). The van der Waals surface area contributed by atoms with Gasteiger partial charge in [0.25, 0.3) is 5.56 Å². The first kappa shape index (κ1) is 18.5. The number of anilines is 1. The van der Waals surface area contributed by atoms with Gasteiger partial charge in [0.2, 0.25) is 0 Å². The molecule has 0 aliphatic carbocycles. The van der Waals surface area contributed by atoms with E-state index in [0.717, 1.165) is 22.2 Å². The lowest BCUT2D eigenvalue weighted by molar-refractivity contribution is 0.122. The second-order valence-electron chi connectivity index (χ2n) is 7.35. The van der Waals surface area contributed by atoms with Crippen LogP contribution in [0.5, 0.6) is 5.75 Å². The van der Waals surface area contributed by atoms with Gasteiger partial charge in [0.05, 0.1) is 24.8 Å². The van der Waals surface area contributed by atoms with Gasteiger partial charge in [0.1, 0.15) is 22.8 Å². The maximum absolute atomic E-state index is 12.6. The summed E-state index contributed by atoms with van der Waals surface area (Å²) in [5.41, 5.74) is 3.80. The third kappa shape index (κ3) is 3.35. The highest BCUT2D eigenvalue weighted by molar-refractivity contribution is 5.93. The number of nitrogens with one attached hydrogen (secondary N) is 1. The van der Waals surface area contributed by atoms with E-state index in [0.29, 0.717) is 43.4 Å². The molecule has 2 aromatic heterocycles. The van der Waals surface area contributed by atoms with Gasteiger partial charge in [0.15, 0.2) is 0 Å². The van der Waals surface area contributed by atoms with E-state index in [1.54, 1.807) is 7.05 Å². The Hall–Kier alpha value is -2.87. The normalized spacial score (nSPS) is 14.8. The number of hydrogen-bond acceptors (Lipinski definition) is 6. The van der Waals surface area contributed by atoms with Gasteiger partial charge in [-0.2, -0.15) is 10.2 Å². The number of hydrogen-bond donors (Lipinski definition) is 1. The van der Waals surface area contributed by atoms with Crippen molar-refractivity contribution in [3.63, 3.8) is 0 Å². The number of aromatic amines is 1. The van der Waals surface area contributed by atoms with Gasteiger partial charge >= 0.3 is 0 Å². The molecule has 0 atom stereocenters. The van der Waals surface area contributed by atoms with Gasteiger partial charge in [-0.15, -0.1) is 0 Å². The molecule has 1 aliphatic heterocycles. The second-order valence-corrected chi connectivity index (χ2v) is 7.35. The van der Waals surface area contributed by atoms with Crippen LogP contribution >= 0.6 is 0 Å². The monoisotopic (exact) mass is 383 g/mol. The lowest BCUT2D eigenvalue weighted by Crippen LogP contribution is -2.40. The third-order valence-electron chi connectivity index (χ3n) is 4.86. The van der Waals surface area contributed by atoms with Crippen LogP contribution in [0.3, 0.4) is 0 Å². The minimum absolute atomic E-state index is 0.0788. The lowest BCUT2D eigenvalue weighted by atomic mass is 10.1. The molecule has 8 heteroatoms. The lowest BCUT2D eigenvalue weighted by Gasteiger charge is -2.28. The Labute approximate surface area is 163 Å². The quantitative estimate of drug-likeness (QED) is 0.744. The van der Waals surface area contributed by atoms with Gasteiger partial charge in [-0.3, -0.25) is 9.89 Å². The predicted octanol–water partition coefficient (Wildman–Crippen LogP) is 2.26. The zero-order chi connectivity index (χ0) is 19.8. The largest absolute Gasteiger partial charge is 0.491 e. The van der Waals surface area contributed by atoms with E-state index in [9.17, 15) is 4.79 Å². The molecule has 1 aromatic carbocycles. The number of aromatic nitrogens is 4. The van der Waals surface area contributed by atoms with Gasteiger partial charge in [0, 0.05) is 25.5 Å². The highest BCUT2D eigenvalue weighted by atomic mass is 16.5. The number of morpholine rings is 1. The molecule has 8 nitrogen and oxygen atoms in total. The first-order valence-corrected chi connectivity index (χ1v) is 9.51. The predicted molar refractivity (Wildman–Crippen MR) is 108 cm³/mol. The van der Waals surface area contributed by atoms with Gasteiger partial charge in [-0.1, -0.05) is 0 Å². The summed E-state index contributed by atoms with van der Waals surface area (Å²) in [7, 11) is 1.67. The molecular weight excluding hydrogens is 358 g/mol. The van der Waals surface area contributed by atoms with E-state index >= 15 is 0 Å². The smallest absolute Gasteiger partial charge is 0.290 e. The van der Waals surface area contributed by atoms with Crippen molar-refractivity contribution in [2.75, 3.05) is 31.2 Å². The summed E-state index contributed by atoms with van der Waals surface area (Å²) < 4.78 is 12.7. The number of benzene rings is 1. The summed E-state index contributed by atoms with van der Waals surface area (Å²) in [5.74, 6) is 0.823. The molecule has 0 spiro atoms. The van der Waals surface area contributed by atoms with Crippen molar-refractivity contribution < 1.29 is 9.47 Å². The minimum atomic E-state index is -0.120. The van der Waals surface area contributed by atoms with Crippen LogP contribution in [0.1, 0.15) is 19.4 Å². The van der Waals surface area contributed by atoms with Crippen LogP contribution in [-0.4, -0.2) is 52.4 Å². The topological polar surface area (TPSA) is 85.3 Å². The maximum atomic E-state index is 12.6. The van der Waals surface area contributed by atoms with E-state index in [2.05, 4.69) is 15.3 Å². The fourth-order valence-electron chi connectivity index (χ4n) is 3.47. The summed E-state index contributed by atoms with van der Waals surface area (Å²) in [4.78, 5) is 14.7. The molecule has 0 amide bonds. The van der Waals surface area contributed by atoms with Crippen molar-refractivity contribution in [1.82, 2.24) is 20.0 Å².